The highest BCUT2D eigenvalue weighted by atomic mass is 35.5. The van der Waals surface area contributed by atoms with E-state index >= 15 is 0 Å². The quantitative estimate of drug-likeness (QED) is 0.301. The third kappa shape index (κ3) is 4.77. The van der Waals surface area contributed by atoms with Gasteiger partial charge in [0.25, 0.3) is 0 Å². The molecule has 1 saturated carbocycles. The Labute approximate surface area is 193 Å². The SMILES string of the molecule is CC1(C)[C@H](C=C(Cl)C(F)(F)Cl)[C@@H]1C(=O)OCc1c(Cl)ccc(-c2ccccc2)c1Cl. The summed E-state index contributed by atoms with van der Waals surface area (Å²) >= 11 is 23.3. The van der Waals surface area contributed by atoms with Crippen molar-refractivity contribution in [3.63, 3.8) is 0 Å². The standard InChI is InChI=1S/C22H18Cl4F2O2/c1-21(2)15(10-17(24)22(26,27)28)18(21)20(29)30-11-14-16(23)9-8-13(19(14)25)12-6-4-3-5-7-12/h3-10,15,18H,11H2,1-2H3/t15-,18-/m1/s1. The summed E-state index contributed by atoms with van der Waals surface area (Å²) in [6.45, 7) is 3.40. The Morgan fingerprint density at radius 2 is 1.80 bits per heavy atom. The van der Waals surface area contributed by atoms with Crippen LogP contribution < -0.4 is 0 Å². The van der Waals surface area contributed by atoms with Crippen LogP contribution in [0.1, 0.15) is 19.4 Å². The molecular weight excluding hydrogens is 476 g/mol. The van der Waals surface area contributed by atoms with Gasteiger partial charge in [-0.1, -0.05) is 91.1 Å². The average Bonchev–Trinajstić information content (AvgIpc) is 3.21. The molecule has 0 spiro atoms. The minimum absolute atomic E-state index is 0.139. The van der Waals surface area contributed by atoms with Crippen molar-refractivity contribution in [3.8, 4) is 11.1 Å². The Bertz CT molecular complexity index is 985. The van der Waals surface area contributed by atoms with Crippen molar-refractivity contribution in [2.24, 2.45) is 17.3 Å². The highest BCUT2D eigenvalue weighted by molar-refractivity contribution is 6.38. The number of hydrogen-bond donors (Lipinski definition) is 0. The van der Waals surface area contributed by atoms with Crippen LogP contribution in [0.5, 0.6) is 0 Å². The van der Waals surface area contributed by atoms with E-state index in [4.69, 9.17) is 51.1 Å². The fourth-order valence-corrected chi connectivity index (χ4v) is 4.28. The molecule has 0 heterocycles. The van der Waals surface area contributed by atoms with E-state index in [1.165, 1.54) is 0 Å². The second kappa shape index (κ2) is 8.66. The number of allylic oxidation sites excluding steroid dienone is 2. The molecule has 3 rings (SSSR count). The highest BCUT2D eigenvalue weighted by Crippen LogP contribution is 2.60. The first kappa shape index (κ1) is 23.3. The van der Waals surface area contributed by atoms with E-state index in [0.717, 1.165) is 17.2 Å². The maximum Gasteiger partial charge on any atom is 0.358 e. The van der Waals surface area contributed by atoms with Crippen molar-refractivity contribution in [1.82, 2.24) is 0 Å². The average molecular weight is 494 g/mol. The van der Waals surface area contributed by atoms with Crippen LogP contribution in [0, 0.1) is 17.3 Å². The number of halogens is 6. The molecule has 2 aromatic carbocycles. The number of carbonyl (C=O) groups excluding carboxylic acids is 1. The lowest BCUT2D eigenvalue weighted by Crippen LogP contribution is -2.11. The first-order valence-corrected chi connectivity index (χ1v) is 10.6. The molecule has 0 amide bonds. The van der Waals surface area contributed by atoms with Crippen molar-refractivity contribution >= 4 is 52.4 Å². The molecule has 0 aromatic heterocycles. The van der Waals surface area contributed by atoms with Gasteiger partial charge in [-0.05, 0) is 34.6 Å². The third-order valence-corrected chi connectivity index (χ3v) is 6.84. The normalized spacial score (nSPS) is 20.7. The summed E-state index contributed by atoms with van der Waals surface area (Å²) in [5, 5.41) is -3.73. The molecule has 0 saturated heterocycles. The van der Waals surface area contributed by atoms with E-state index in [1.807, 2.05) is 30.3 Å². The Balaban J connectivity index is 1.76. The van der Waals surface area contributed by atoms with Crippen molar-refractivity contribution in [3.05, 3.63) is 69.2 Å². The fourth-order valence-electron chi connectivity index (χ4n) is 3.49. The molecule has 160 valence electrons. The zero-order valence-corrected chi connectivity index (χ0v) is 19.1. The minimum atomic E-state index is -3.67. The van der Waals surface area contributed by atoms with Gasteiger partial charge in [-0.15, -0.1) is 0 Å². The van der Waals surface area contributed by atoms with Crippen molar-refractivity contribution in [2.45, 2.75) is 25.8 Å². The Kier molecular flexibility index (Phi) is 6.74. The lowest BCUT2D eigenvalue weighted by Gasteiger charge is -2.13. The smallest absolute Gasteiger partial charge is 0.358 e. The topological polar surface area (TPSA) is 26.3 Å². The van der Waals surface area contributed by atoms with Gasteiger partial charge in [0.15, 0.2) is 0 Å². The lowest BCUT2D eigenvalue weighted by molar-refractivity contribution is -0.147. The monoisotopic (exact) mass is 492 g/mol. The Morgan fingerprint density at radius 1 is 1.17 bits per heavy atom. The molecule has 1 aliphatic rings. The van der Waals surface area contributed by atoms with Gasteiger partial charge in [-0.2, -0.15) is 8.78 Å². The van der Waals surface area contributed by atoms with Gasteiger partial charge in [0.2, 0.25) is 0 Å². The molecule has 2 nitrogen and oxygen atoms in total. The summed E-state index contributed by atoms with van der Waals surface area (Å²) in [6, 6.07) is 13.0. The molecule has 2 atom stereocenters. The first-order chi connectivity index (χ1) is 13.9. The summed E-state index contributed by atoms with van der Waals surface area (Å²) in [5.74, 6) is -1.68. The molecule has 0 bridgehead atoms. The van der Waals surface area contributed by atoms with E-state index < -0.39 is 33.6 Å². The number of hydrogen-bond acceptors (Lipinski definition) is 2. The third-order valence-electron chi connectivity index (χ3n) is 5.39. The fraction of sp³-hybridized carbons (Fsp3) is 0.318. The summed E-state index contributed by atoms with van der Waals surface area (Å²) in [5.41, 5.74) is 1.55. The number of rotatable bonds is 6. The minimum Gasteiger partial charge on any atom is -0.460 e. The van der Waals surface area contributed by atoms with Crippen molar-refractivity contribution < 1.29 is 18.3 Å². The van der Waals surface area contributed by atoms with Gasteiger partial charge in [-0.3, -0.25) is 4.79 Å². The molecule has 0 radical (unpaired) electrons. The summed E-state index contributed by atoms with van der Waals surface area (Å²) < 4.78 is 31.7. The largest absolute Gasteiger partial charge is 0.460 e. The number of carbonyl (C=O) groups is 1. The van der Waals surface area contributed by atoms with Gasteiger partial charge in [0, 0.05) is 16.1 Å². The molecule has 0 N–H and O–H groups in total. The van der Waals surface area contributed by atoms with Crippen LogP contribution in [0.2, 0.25) is 10.0 Å². The number of ether oxygens (including phenoxy) is 1. The summed E-state index contributed by atoms with van der Waals surface area (Å²) in [7, 11) is 0. The molecule has 2 aromatic rings. The first-order valence-electron chi connectivity index (χ1n) is 9.08. The predicted octanol–water partition coefficient (Wildman–Crippen LogP) is 7.93. The van der Waals surface area contributed by atoms with Crippen LogP contribution >= 0.6 is 46.4 Å². The highest BCUT2D eigenvalue weighted by Gasteiger charge is 2.62. The van der Waals surface area contributed by atoms with Gasteiger partial charge in [-0.25, -0.2) is 0 Å². The van der Waals surface area contributed by atoms with Crippen LogP contribution in [0.15, 0.2) is 53.6 Å². The van der Waals surface area contributed by atoms with Gasteiger partial charge in [0.1, 0.15) is 6.61 Å². The van der Waals surface area contributed by atoms with E-state index in [1.54, 1.807) is 26.0 Å². The van der Waals surface area contributed by atoms with Crippen LogP contribution in [-0.2, 0) is 16.1 Å². The molecule has 0 aliphatic heterocycles. The number of alkyl halides is 3. The number of esters is 1. The molecule has 1 aliphatic carbocycles. The Hall–Kier alpha value is -1.33. The van der Waals surface area contributed by atoms with Crippen LogP contribution in [-0.4, -0.2) is 11.4 Å². The molecule has 8 heteroatoms. The molecule has 1 fully saturated rings. The van der Waals surface area contributed by atoms with Gasteiger partial charge >= 0.3 is 11.4 Å². The second-order valence-corrected chi connectivity index (χ2v) is 9.37. The predicted molar refractivity (Wildman–Crippen MR) is 117 cm³/mol. The van der Waals surface area contributed by atoms with E-state index in [2.05, 4.69) is 0 Å². The molecule has 0 unspecified atom stereocenters. The van der Waals surface area contributed by atoms with E-state index in [-0.39, 0.29) is 6.61 Å². The second-order valence-electron chi connectivity index (χ2n) is 7.70. The Morgan fingerprint density at radius 3 is 2.40 bits per heavy atom. The summed E-state index contributed by atoms with van der Waals surface area (Å²) in [6.07, 6.45) is 1.12. The van der Waals surface area contributed by atoms with Crippen LogP contribution in [0.4, 0.5) is 8.78 Å². The van der Waals surface area contributed by atoms with Gasteiger partial charge in [0.05, 0.1) is 16.0 Å². The molecule has 30 heavy (non-hydrogen) atoms. The zero-order valence-electron chi connectivity index (χ0n) is 16.1. The lowest BCUT2D eigenvalue weighted by atomic mass is 10.0. The molecular formula is C22H18Cl4F2O2. The number of benzene rings is 2. The summed E-state index contributed by atoms with van der Waals surface area (Å²) in [4.78, 5) is 12.6. The van der Waals surface area contributed by atoms with Crippen LogP contribution in [0.25, 0.3) is 11.1 Å². The maximum atomic E-state index is 13.1. The van der Waals surface area contributed by atoms with Crippen LogP contribution in [0.3, 0.4) is 0 Å². The van der Waals surface area contributed by atoms with E-state index in [0.29, 0.717) is 15.6 Å². The van der Waals surface area contributed by atoms with Crippen molar-refractivity contribution in [2.75, 3.05) is 0 Å². The van der Waals surface area contributed by atoms with Crippen molar-refractivity contribution in [1.29, 1.82) is 0 Å². The van der Waals surface area contributed by atoms with E-state index in [9.17, 15) is 13.6 Å². The van der Waals surface area contributed by atoms with Gasteiger partial charge < -0.3 is 4.74 Å². The maximum absolute atomic E-state index is 13.1. The zero-order chi connectivity index (χ0) is 22.3.